The number of hydrogen-bond donors (Lipinski definition) is 1. The molecule has 4 heterocycles. The van der Waals surface area contributed by atoms with E-state index in [1.165, 1.54) is 9.42 Å². The molecule has 0 spiro atoms. The summed E-state index contributed by atoms with van der Waals surface area (Å²) in [6, 6.07) is 10.1. The lowest BCUT2D eigenvalue weighted by atomic mass is 9.59. The number of aromatic nitrogens is 3. The van der Waals surface area contributed by atoms with Crippen LogP contribution in [-0.2, 0) is 29.1 Å². The summed E-state index contributed by atoms with van der Waals surface area (Å²) >= 11 is 0. The summed E-state index contributed by atoms with van der Waals surface area (Å²) in [5, 5.41) is 15.4. The van der Waals surface area contributed by atoms with E-state index < -0.39 is 43.3 Å². The van der Waals surface area contributed by atoms with E-state index in [9.17, 15) is 14.9 Å². The highest BCUT2D eigenvalue weighted by Gasteiger charge is 2.49. The summed E-state index contributed by atoms with van der Waals surface area (Å²) in [6.07, 6.45) is -1.62. The zero-order valence-corrected chi connectivity index (χ0v) is 33.8. The van der Waals surface area contributed by atoms with Crippen molar-refractivity contribution in [2.45, 2.75) is 133 Å². The molecule has 1 aliphatic carbocycles. The van der Waals surface area contributed by atoms with E-state index in [1.807, 2.05) is 24.3 Å². The molecule has 2 atom stereocenters. The van der Waals surface area contributed by atoms with Gasteiger partial charge in [-0.3, -0.25) is 4.90 Å². The molecule has 13 nitrogen and oxygen atoms in total. The number of nitrogens with one attached hydrogen (secondary N) is 1. The molecule has 6 rings (SSSR count). The van der Waals surface area contributed by atoms with Crippen molar-refractivity contribution in [3.63, 3.8) is 0 Å². The topological polar surface area (TPSA) is 150 Å². The molecule has 3 aromatic rings. The number of benzene rings is 1. The minimum Gasteiger partial charge on any atom is -0.458 e. The van der Waals surface area contributed by atoms with Gasteiger partial charge < -0.3 is 33.4 Å². The second-order valence-corrected chi connectivity index (χ2v) is 18.4. The van der Waals surface area contributed by atoms with Gasteiger partial charge in [0.05, 0.1) is 13.1 Å². The van der Waals surface area contributed by atoms with Crippen molar-refractivity contribution in [2.24, 2.45) is 28.6 Å². The van der Waals surface area contributed by atoms with Gasteiger partial charge in [0, 0.05) is 17.4 Å². The fraction of sp³-hybridized carbons (Fsp3) is 0.659. The Morgan fingerprint density at radius 3 is 1.85 bits per heavy atom. The Labute approximate surface area is 318 Å². The van der Waals surface area contributed by atoms with Crippen LogP contribution in [0.2, 0.25) is 0 Å². The first kappa shape index (κ1) is 39.7. The molecule has 2 unspecified atom stereocenters. The average molecular weight is 748 g/mol. The van der Waals surface area contributed by atoms with Gasteiger partial charge in [-0.25, -0.2) is 9.59 Å². The Bertz CT molecular complexity index is 1830. The molecule has 3 aliphatic rings. The number of aromatic amines is 1. The van der Waals surface area contributed by atoms with Crippen molar-refractivity contribution >= 4 is 17.7 Å². The maximum atomic E-state index is 14.7. The normalized spacial score (nSPS) is 27.5. The summed E-state index contributed by atoms with van der Waals surface area (Å²) < 4.78 is 36.4. The van der Waals surface area contributed by atoms with Gasteiger partial charge >= 0.3 is 12.1 Å². The third-order valence-electron chi connectivity index (χ3n) is 11.0. The molecule has 0 radical (unpaired) electrons. The number of amides is 1. The second kappa shape index (κ2) is 14.6. The van der Waals surface area contributed by atoms with E-state index in [-0.39, 0.29) is 63.8 Å². The van der Waals surface area contributed by atoms with Gasteiger partial charge in [0.1, 0.15) is 23.3 Å². The molecular formula is C41H57N5O8. The number of esters is 1. The van der Waals surface area contributed by atoms with Crippen molar-refractivity contribution in [3.8, 4) is 23.3 Å². The number of H-pyrrole nitrogens is 1. The highest BCUT2D eigenvalue weighted by Crippen LogP contribution is 2.50. The number of nitriles is 1. The minimum atomic E-state index is -0.828. The Morgan fingerprint density at radius 1 is 0.889 bits per heavy atom. The van der Waals surface area contributed by atoms with Gasteiger partial charge in [0.15, 0.2) is 36.6 Å². The molecule has 1 saturated carbocycles. The monoisotopic (exact) mass is 747 g/mol. The Balaban J connectivity index is 1.42. The number of nitrogens with zero attached hydrogens (tertiary/aromatic N) is 4. The summed E-state index contributed by atoms with van der Waals surface area (Å²) in [5.41, 5.74) is 1.49. The second-order valence-electron chi connectivity index (χ2n) is 18.4. The van der Waals surface area contributed by atoms with E-state index in [0.29, 0.717) is 11.7 Å². The molecule has 1 N–H and O–H groups in total. The standard InChI is InChI=1S/C41H57N5O8/c1-22-17-28(40(7,8)9)33(29(18-22)41(10,11)12)53-37(47)32-27(19-42)36(46-35(32)43-34(44-46)25-13-15-26(16-14-25)39(4,5)6)54-38(48)45(20-30-49-23(2)50-30)21-31-51-24(3)52-31/h13-16,22-24,28-31,33H,17-18,20-21H2,1-12H3,(H,43,44). The quantitative estimate of drug-likeness (QED) is 0.225. The predicted octanol–water partition coefficient (Wildman–Crippen LogP) is 8.02. The summed E-state index contributed by atoms with van der Waals surface area (Å²) in [7, 11) is 0. The molecule has 2 aliphatic heterocycles. The number of hydrogen-bond acceptors (Lipinski definition) is 10. The lowest BCUT2D eigenvalue weighted by Crippen LogP contribution is -2.54. The van der Waals surface area contributed by atoms with Crippen LogP contribution in [0.3, 0.4) is 0 Å². The van der Waals surface area contributed by atoms with Crippen molar-refractivity contribution in [2.75, 3.05) is 13.1 Å². The van der Waals surface area contributed by atoms with E-state index in [4.69, 9.17) is 33.5 Å². The zero-order chi connectivity index (χ0) is 39.5. The minimum absolute atomic E-state index is 0.0144. The maximum absolute atomic E-state index is 14.7. The summed E-state index contributed by atoms with van der Waals surface area (Å²) in [6.45, 7) is 25.3. The van der Waals surface area contributed by atoms with Gasteiger partial charge in [-0.15, -0.1) is 5.10 Å². The first-order chi connectivity index (χ1) is 25.1. The van der Waals surface area contributed by atoms with Crippen LogP contribution in [0, 0.1) is 39.9 Å². The molecule has 2 aromatic heterocycles. The predicted molar refractivity (Wildman–Crippen MR) is 200 cm³/mol. The summed E-state index contributed by atoms with van der Waals surface area (Å²) in [5.74, 6) is 0.115. The van der Waals surface area contributed by atoms with Gasteiger partial charge in [-0.1, -0.05) is 93.5 Å². The molecule has 1 amide bonds. The highest BCUT2D eigenvalue weighted by molar-refractivity contribution is 6.01. The summed E-state index contributed by atoms with van der Waals surface area (Å²) in [4.78, 5) is 33.2. The number of rotatable bonds is 8. The van der Waals surface area contributed by atoms with E-state index in [0.717, 1.165) is 24.0 Å². The number of carbonyl (C=O) groups excluding carboxylic acids is 2. The van der Waals surface area contributed by atoms with Crippen LogP contribution in [0.25, 0.3) is 17.0 Å². The van der Waals surface area contributed by atoms with E-state index in [2.05, 4.69) is 80.3 Å². The third kappa shape index (κ3) is 8.17. The molecule has 2 saturated heterocycles. The van der Waals surface area contributed by atoms with E-state index >= 15 is 0 Å². The first-order valence-corrected chi connectivity index (χ1v) is 19.1. The van der Waals surface area contributed by atoms with Crippen molar-refractivity contribution in [1.29, 1.82) is 5.26 Å². The van der Waals surface area contributed by atoms with Crippen LogP contribution in [0.4, 0.5) is 4.79 Å². The molecular weight excluding hydrogens is 690 g/mol. The Kier molecular flexibility index (Phi) is 10.7. The van der Waals surface area contributed by atoms with Crippen molar-refractivity contribution in [1.82, 2.24) is 19.5 Å². The maximum Gasteiger partial charge on any atom is 0.416 e. The Hall–Kier alpha value is -3.96. The number of carbonyl (C=O) groups is 2. The van der Waals surface area contributed by atoms with Gasteiger partial charge in [-0.05, 0) is 54.4 Å². The number of ether oxygens (including phenoxy) is 6. The molecule has 54 heavy (non-hydrogen) atoms. The third-order valence-corrected chi connectivity index (χ3v) is 11.0. The first-order valence-electron chi connectivity index (χ1n) is 19.1. The smallest absolute Gasteiger partial charge is 0.416 e. The Morgan fingerprint density at radius 2 is 1.41 bits per heavy atom. The average Bonchev–Trinajstić information content (AvgIpc) is 3.59. The fourth-order valence-electron chi connectivity index (χ4n) is 7.97. The van der Waals surface area contributed by atoms with Crippen LogP contribution in [0.15, 0.2) is 24.3 Å². The van der Waals surface area contributed by atoms with Crippen LogP contribution in [0.5, 0.6) is 5.88 Å². The van der Waals surface area contributed by atoms with E-state index in [1.54, 1.807) is 13.8 Å². The van der Waals surface area contributed by atoms with Crippen LogP contribution in [-0.4, -0.2) is 75.9 Å². The SMILES string of the molecule is CC1CC(C(C)(C)C)C(OC(=O)c2c(C#N)c(OC(=O)N(CC3OC(C)O3)CC3OC(C)O3)n3nc(-c4ccc(C(C)(C)C)cc4)[nH]c23)C(C(C)(C)C)C1. The molecule has 0 bridgehead atoms. The van der Waals surface area contributed by atoms with Crippen LogP contribution < -0.4 is 4.74 Å². The molecule has 3 fully saturated rings. The van der Waals surface area contributed by atoms with Crippen molar-refractivity contribution < 1.29 is 38.0 Å². The zero-order valence-electron chi connectivity index (χ0n) is 33.8. The van der Waals surface area contributed by atoms with Crippen LogP contribution in [0.1, 0.15) is 117 Å². The van der Waals surface area contributed by atoms with Crippen LogP contribution >= 0.6 is 0 Å². The van der Waals surface area contributed by atoms with Gasteiger partial charge in [0.25, 0.3) is 0 Å². The lowest BCUT2D eigenvalue weighted by molar-refractivity contribution is -0.388. The number of fused-ring (bicyclic) bond motifs is 1. The molecule has 1 aromatic carbocycles. The van der Waals surface area contributed by atoms with Crippen molar-refractivity contribution in [3.05, 3.63) is 41.0 Å². The van der Waals surface area contributed by atoms with Gasteiger partial charge in [0.2, 0.25) is 5.88 Å². The largest absolute Gasteiger partial charge is 0.458 e. The van der Waals surface area contributed by atoms with Gasteiger partial charge in [-0.2, -0.15) is 9.78 Å². The highest BCUT2D eigenvalue weighted by atomic mass is 16.9. The lowest BCUT2D eigenvalue weighted by Gasteiger charge is -2.50. The fourth-order valence-corrected chi connectivity index (χ4v) is 7.97. The molecule has 294 valence electrons. The molecule has 13 heteroatoms.